The Kier molecular flexibility index (Phi) is 10.3. The Morgan fingerprint density at radius 3 is 1.12 bits per heavy atom. The first kappa shape index (κ1) is 22.8. The molecule has 0 aliphatic rings. The van der Waals surface area contributed by atoms with E-state index in [0.29, 0.717) is 36.8 Å². The van der Waals surface area contributed by atoms with E-state index in [1.807, 2.05) is 27.7 Å². The Morgan fingerprint density at radius 1 is 0.600 bits per heavy atom. The van der Waals surface area contributed by atoms with Crippen LogP contribution < -0.4 is 0 Å². The molecule has 0 saturated carbocycles. The van der Waals surface area contributed by atoms with Gasteiger partial charge in [0.05, 0.1) is 0 Å². The Hall–Kier alpha value is -2.24. The molecule has 0 fully saturated rings. The summed E-state index contributed by atoms with van der Waals surface area (Å²) in [5.41, 5.74) is 2.47. The van der Waals surface area contributed by atoms with Gasteiger partial charge in [-0.1, -0.05) is 38.8 Å². The van der Waals surface area contributed by atoms with E-state index < -0.39 is 30.3 Å². The molecule has 0 saturated heterocycles. The van der Waals surface area contributed by atoms with Crippen molar-refractivity contribution in [3.63, 3.8) is 0 Å². The second kappa shape index (κ2) is 11.3. The molecule has 0 N–H and O–H groups in total. The van der Waals surface area contributed by atoms with Crippen molar-refractivity contribution in [1.82, 2.24) is 0 Å². The normalized spacial score (nSPS) is 9.84. The predicted octanol–water partition coefficient (Wildman–Crippen LogP) is 3.79. The van der Waals surface area contributed by atoms with Crippen molar-refractivity contribution in [3.05, 3.63) is 22.3 Å². The van der Waals surface area contributed by atoms with Crippen LogP contribution >= 0.6 is 0 Å². The molecule has 0 aliphatic heterocycles. The van der Waals surface area contributed by atoms with Crippen LogP contribution in [0, 0.1) is 0 Å². The third kappa shape index (κ3) is 7.45. The zero-order valence-electron chi connectivity index (χ0n) is 16.0. The molecule has 0 radical (unpaired) electrons. The van der Waals surface area contributed by atoms with E-state index in [-0.39, 0.29) is 0 Å². The number of carbonyl (C=O) groups is 4. The molecule has 0 unspecified atom stereocenters. The molecular formula is C19H28O6. The molecule has 140 valence electrons. The van der Waals surface area contributed by atoms with Gasteiger partial charge in [-0.25, -0.2) is 9.59 Å². The van der Waals surface area contributed by atoms with Crippen LogP contribution in [0.5, 0.6) is 0 Å². The molecule has 25 heavy (non-hydrogen) atoms. The summed E-state index contributed by atoms with van der Waals surface area (Å²) in [4.78, 5) is 47.1. The van der Waals surface area contributed by atoms with Crippen molar-refractivity contribution in [2.45, 2.75) is 73.6 Å². The number of ether oxygens (including phenoxy) is 2. The fraction of sp³-hybridized carbons (Fsp3) is 0.579. The van der Waals surface area contributed by atoms with E-state index in [1.54, 1.807) is 13.8 Å². The molecule has 0 spiro atoms. The number of hydrogen-bond acceptors (Lipinski definition) is 6. The first-order valence-corrected chi connectivity index (χ1v) is 8.58. The highest BCUT2D eigenvalue weighted by atomic mass is 16.6. The Balaban J connectivity index is 4.75. The predicted molar refractivity (Wildman–Crippen MR) is 93.4 cm³/mol. The van der Waals surface area contributed by atoms with Gasteiger partial charge in [-0.15, -0.1) is 0 Å². The molecule has 0 amide bonds. The van der Waals surface area contributed by atoms with Crippen LogP contribution in [0.3, 0.4) is 0 Å². The number of carbonyl (C=O) groups excluding carboxylic acids is 4. The number of rotatable bonds is 8. The summed E-state index contributed by atoms with van der Waals surface area (Å²) < 4.78 is 9.28. The highest BCUT2D eigenvalue weighted by molar-refractivity contribution is 6.04. The van der Waals surface area contributed by atoms with Gasteiger partial charge in [0.2, 0.25) is 0 Å². The zero-order chi connectivity index (χ0) is 19.6. The Morgan fingerprint density at radius 2 is 0.880 bits per heavy atom. The minimum absolute atomic E-state index is 0.358. The van der Waals surface area contributed by atoms with Gasteiger partial charge in [-0.05, 0) is 39.5 Å². The topological polar surface area (TPSA) is 86.7 Å². The molecule has 0 aromatic rings. The van der Waals surface area contributed by atoms with Crippen molar-refractivity contribution in [2.24, 2.45) is 0 Å². The fourth-order valence-electron chi connectivity index (χ4n) is 2.40. The smallest absolute Gasteiger partial charge is 0.341 e. The summed E-state index contributed by atoms with van der Waals surface area (Å²) in [6, 6.07) is 0. The van der Waals surface area contributed by atoms with E-state index in [2.05, 4.69) is 9.47 Å². The molecule has 0 aliphatic carbocycles. The van der Waals surface area contributed by atoms with Gasteiger partial charge >= 0.3 is 23.9 Å². The van der Waals surface area contributed by atoms with Gasteiger partial charge < -0.3 is 9.47 Å². The minimum Gasteiger partial charge on any atom is -0.389 e. The number of esters is 4. The molecule has 0 heterocycles. The summed E-state index contributed by atoms with van der Waals surface area (Å²) in [7, 11) is 0. The van der Waals surface area contributed by atoms with Crippen molar-refractivity contribution in [2.75, 3.05) is 0 Å². The Labute approximate surface area is 149 Å². The van der Waals surface area contributed by atoms with E-state index >= 15 is 0 Å². The van der Waals surface area contributed by atoms with Gasteiger partial charge in [-0.2, -0.15) is 0 Å². The van der Waals surface area contributed by atoms with Crippen LogP contribution in [0.4, 0.5) is 0 Å². The zero-order valence-corrected chi connectivity index (χ0v) is 16.0. The highest BCUT2D eigenvalue weighted by Crippen LogP contribution is 2.15. The van der Waals surface area contributed by atoms with Gasteiger partial charge in [0, 0.05) is 11.1 Å². The van der Waals surface area contributed by atoms with E-state index in [9.17, 15) is 19.2 Å². The van der Waals surface area contributed by atoms with Gasteiger partial charge in [0.25, 0.3) is 0 Å². The van der Waals surface area contributed by atoms with Crippen LogP contribution in [0.25, 0.3) is 0 Å². The molecule has 0 aromatic carbocycles. The molecule has 0 atom stereocenters. The fourth-order valence-corrected chi connectivity index (χ4v) is 2.40. The van der Waals surface area contributed by atoms with Crippen LogP contribution in [0.2, 0.25) is 0 Å². The third-order valence-corrected chi connectivity index (χ3v) is 4.08. The lowest BCUT2D eigenvalue weighted by molar-refractivity contribution is -0.163. The summed E-state index contributed by atoms with van der Waals surface area (Å²) in [5.74, 6) is -3.64. The largest absolute Gasteiger partial charge is 0.389 e. The molecule has 0 aromatic heterocycles. The summed E-state index contributed by atoms with van der Waals surface area (Å²) in [6.07, 6.45) is 1.89. The maximum absolute atomic E-state index is 11.9. The standard InChI is InChI=1S/C19H28O6/c1-7-14(8-2)12(5)18(22)24-16(20)11-17(21)25-19(23)13(6)15(9-3)10-4/h7-11H2,1-6H3. The Bertz CT molecular complexity index is 531. The first-order valence-electron chi connectivity index (χ1n) is 8.58. The minimum atomic E-state index is -1.04. The second-order valence-corrected chi connectivity index (χ2v) is 5.57. The van der Waals surface area contributed by atoms with E-state index in [1.165, 1.54) is 0 Å². The quantitative estimate of drug-likeness (QED) is 0.375. The highest BCUT2D eigenvalue weighted by Gasteiger charge is 2.21. The molecule has 6 nitrogen and oxygen atoms in total. The van der Waals surface area contributed by atoms with Crippen molar-refractivity contribution in [1.29, 1.82) is 0 Å². The number of allylic oxidation sites excluding steroid dienone is 2. The number of hydrogen-bond donors (Lipinski definition) is 0. The SMILES string of the molecule is CCC(CC)=C(C)C(=O)OC(=O)CC(=O)OC(=O)C(C)=C(CC)CC. The first-order chi connectivity index (χ1) is 11.7. The van der Waals surface area contributed by atoms with Crippen LogP contribution in [0.15, 0.2) is 22.3 Å². The van der Waals surface area contributed by atoms with Crippen LogP contribution in [0.1, 0.15) is 73.6 Å². The maximum atomic E-state index is 11.9. The second-order valence-electron chi connectivity index (χ2n) is 5.57. The lowest BCUT2D eigenvalue weighted by atomic mass is 10.0. The van der Waals surface area contributed by atoms with Crippen molar-refractivity contribution >= 4 is 23.9 Å². The monoisotopic (exact) mass is 352 g/mol. The van der Waals surface area contributed by atoms with Crippen LogP contribution in [-0.2, 0) is 28.7 Å². The van der Waals surface area contributed by atoms with Crippen molar-refractivity contribution in [3.8, 4) is 0 Å². The summed E-state index contributed by atoms with van der Waals surface area (Å²) in [6.45, 7) is 10.7. The third-order valence-electron chi connectivity index (χ3n) is 4.08. The maximum Gasteiger partial charge on any atom is 0.341 e. The average Bonchev–Trinajstić information content (AvgIpc) is 2.56. The average molecular weight is 352 g/mol. The van der Waals surface area contributed by atoms with Crippen LogP contribution in [-0.4, -0.2) is 23.9 Å². The molecule has 6 heteroatoms. The van der Waals surface area contributed by atoms with Gasteiger partial charge in [0.1, 0.15) is 6.42 Å². The van der Waals surface area contributed by atoms with Crippen molar-refractivity contribution < 1.29 is 28.7 Å². The summed E-state index contributed by atoms with van der Waals surface area (Å²) in [5, 5.41) is 0. The van der Waals surface area contributed by atoms with Gasteiger partial charge in [-0.3, -0.25) is 9.59 Å². The van der Waals surface area contributed by atoms with Gasteiger partial charge in [0.15, 0.2) is 0 Å². The van der Waals surface area contributed by atoms with E-state index in [0.717, 1.165) is 11.1 Å². The molecule has 0 rings (SSSR count). The lowest BCUT2D eigenvalue weighted by Gasteiger charge is -2.09. The molecular weight excluding hydrogens is 324 g/mol. The summed E-state index contributed by atoms with van der Waals surface area (Å²) >= 11 is 0. The molecule has 0 bridgehead atoms. The lowest BCUT2D eigenvalue weighted by Crippen LogP contribution is -2.21. The van der Waals surface area contributed by atoms with E-state index in [4.69, 9.17) is 0 Å².